The molecule has 0 aliphatic rings. The van der Waals surface area contributed by atoms with E-state index < -0.39 is 10.0 Å². The number of hydrogen-bond donors (Lipinski definition) is 2. The maximum absolute atomic E-state index is 12.2. The van der Waals surface area contributed by atoms with Crippen molar-refractivity contribution in [3.8, 4) is 0 Å². The summed E-state index contributed by atoms with van der Waals surface area (Å²) in [6, 6.07) is 4.74. The van der Waals surface area contributed by atoms with Gasteiger partial charge in [0, 0.05) is 19.8 Å². The van der Waals surface area contributed by atoms with Gasteiger partial charge in [0.15, 0.2) is 0 Å². The molecule has 0 fully saturated rings. The molecule has 0 aliphatic carbocycles. The van der Waals surface area contributed by atoms with E-state index in [9.17, 15) is 13.5 Å². The molecule has 0 bridgehead atoms. The van der Waals surface area contributed by atoms with E-state index in [1.165, 1.54) is 6.07 Å². The van der Waals surface area contributed by atoms with Crippen molar-refractivity contribution >= 4 is 10.0 Å². The predicted octanol–water partition coefficient (Wildman–Crippen LogP) is 0.742. The van der Waals surface area contributed by atoms with Crippen molar-refractivity contribution in [1.29, 1.82) is 0 Å². The topological polar surface area (TPSA) is 84.2 Å². The van der Waals surface area contributed by atoms with Crippen LogP contribution in [0.5, 0.6) is 0 Å². The van der Waals surface area contributed by atoms with Gasteiger partial charge in [-0.2, -0.15) is 5.10 Å². The summed E-state index contributed by atoms with van der Waals surface area (Å²) in [6.45, 7) is 1.96. The van der Waals surface area contributed by atoms with E-state index >= 15 is 0 Å². The van der Waals surface area contributed by atoms with Crippen LogP contribution in [0.3, 0.4) is 0 Å². The molecule has 0 atom stereocenters. The van der Waals surface area contributed by atoms with E-state index in [2.05, 4.69) is 9.82 Å². The molecule has 0 unspecified atom stereocenters. The Labute approximate surface area is 124 Å². The van der Waals surface area contributed by atoms with Gasteiger partial charge in [0.05, 0.1) is 17.7 Å². The van der Waals surface area contributed by atoms with Gasteiger partial charge in [0.2, 0.25) is 10.0 Å². The average Bonchev–Trinajstić information content (AvgIpc) is 2.84. The first-order valence-electron chi connectivity index (χ1n) is 6.60. The summed E-state index contributed by atoms with van der Waals surface area (Å²) >= 11 is 0. The fraction of sp³-hybridized carbons (Fsp3) is 0.357. The Morgan fingerprint density at radius 2 is 2.14 bits per heavy atom. The van der Waals surface area contributed by atoms with Crippen LogP contribution in [-0.4, -0.2) is 29.8 Å². The maximum Gasteiger partial charge on any atom is 0.240 e. The molecule has 0 amide bonds. The molecule has 114 valence electrons. The zero-order valence-corrected chi connectivity index (χ0v) is 12.9. The number of nitrogens with zero attached hydrogens (tertiary/aromatic N) is 2. The highest BCUT2D eigenvalue weighted by molar-refractivity contribution is 7.89. The predicted molar refractivity (Wildman–Crippen MR) is 79.2 cm³/mol. The fourth-order valence-electron chi connectivity index (χ4n) is 2.00. The molecule has 1 aromatic carbocycles. The van der Waals surface area contributed by atoms with Gasteiger partial charge in [-0.25, -0.2) is 13.1 Å². The molecule has 7 heteroatoms. The Morgan fingerprint density at radius 3 is 2.76 bits per heavy atom. The minimum absolute atomic E-state index is 0.170. The monoisotopic (exact) mass is 309 g/mol. The van der Waals surface area contributed by atoms with E-state index in [0.29, 0.717) is 18.5 Å². The third-order valence-corrected chi connectivity index (χ3v) is 4.72. The van der Waals surface area contributed by atoms with Crippen molar-refractivity contribution in [2.45, 2.75) is 24.8 Å². The van der Waals surface area contributed by atoms with Crippen molar-refractivity contribution in [3.63, 3.8) is 0 Å². The van der Waals surface area contributed by atoms with Gasteiger partial charge >= 0.3 is 0 Å². The van der Waals surface area contributed by atoms with E-state index in [4.69, 9.17) is 0 Å². The number of aromatic nitrogens is 2. The van der Waals surface area contributed by atoms with Crippen LogP contribution in [0.1, 0.15) is 16.7 Å². The molecule has 6 nitrogen and oxygen atoms in total. The van der Waals surface area contributed by atoms with Crippen LogP contribution < -0.4 is 4.72 Å². The number of hydrogen-bond acceptors (Lipinski definition) is 4. The first-order valence-corrected chi connectivity index (χ1v) is 8.08. The summed E-state index contributed by atoms with van der Waals surface area (Å²) in [6.07, 6.45) is 4.14. The van der Waals surface area contributed by atoms with Crippen molar-refractivity contribution in [3.05, 3.63) is 47.3 Å². The number of aryl methyl sites for hydroxylation is 2. The number of benzene rings is 1. The highest BCUT2D eigenvalue weighted by atomic mass is 32.2. The van der Waals surface area contributed by atoms with Gasteiger partial charge in [-0.15, -0.1) is 0 Å². The standard InChI is InChI=1S/C14H19N3O3S/c1-11-3-4-14(7-13(11)10-18)21(19,20)16-6-5-12-8-15-17(2)9-12/h3-4,7-9,16,18H,5-6,10H2,1-2H3. The zero-order valence-electron chi connectivity index (χ0n) is 12.1. The Hall–Kier alpha value is -1.70. The van der Waals surface area contributed by atoms with Crippen LogP contribution in [-0.2, 0) is 30.1 Å². The first kappa shape index (κ1) is 15.7. The second-order valence-electron chi connectivity index (χ2n) is 4.92. The largest absolute Gasteiger partial charge is 0.392 e. The molecule has 0 saturated heterocycles. The molecule has 0 spiro atoms. The summed E-state index contributed by atoms with van der Waals surface area (Å²) < 4.78 is 28.6. The third-order valence-electron chi connectivity index (χ3n) is 3.27. The van der Waals surface area contributed by atoms with Gasteiger partial charge in [-0.1, -0.05) is 6.07 Å². The van der Waals surface area contributed by atoms with E-state index in [0.717, 1.165) is 11.1 Å². The average molecular weight is 309 g/mol. The zero-order chi connectivity index (χ0) is 15.5. The smallest absolute Gasteiger partial charge is 0.240 e. The fourth-order valence-corrected chi connectivity index (χ4v) is 3.08. The first-order chi connectivity index (χ1) is 9.92. The van der Waals surface area contributed by atoms with Gasteiger partial charge in [-0.05, 0) is 42.2 Å². The molecule has 0 aliphatic heterocycles. The van der Waals surface area contributed by atoms with E-state index in [-0.39, 0.29) is 11.5 Å². The molecule has 0 saturated carbocycles. The Kier molecular flexibility index (Phi) is 4.76. The van der Waals surface area contributed by atoms with Crippen LogP contribution in [0.4, 0.5) is 0 Å². The van der Waals surface area contributed by atoms with Crippen LogP contribution >= 0.6 is 0 Å². The Bertz CT molecular complexity index is 723. The Morgan fingerprint density at radius 1 is 1.38 bits per heavy atom. The number of rotatable bonds is 6. The van der Waals surface area contributed by atoms with Gasteiger partial charge in [0.1, 0.15) is 0 Å². The second-order valence-corrected chi connectivity index (χ2v) is 6.68. The van der Waals surface area contributed by atoms with Crippen molar-refractivity contribution < 1.29 is 13.5 Å². The SMILES string of the molecule is Cc1ccc(S(=O)(=O)NCCc2cnn(C)c2)cc1CO. The quantitative estimate of drug-likeness (QED) is 0.824. The minimum Gasteiger partial charge on any atom is -0.392 e. The molecule has 2 aromatic rings. The number of sulfonamides is 1. The van der Waals surface area contributed by atoms with Crippen molar-refractivity contribution in [1.82, 2.24) is 14.5 Å². The highest BCUT2D eigenvalue weighted by Crippen LogP contribution is 2.15. The highest BCUT2D eigenvalue weighted by Gasteiger charge is 2.14. The van der Waals surface area contributed by atoms with Crippen LogP contribution in [0.15, 0.2) is 35.5 Å². The molecule has 2 N–H and O–H groups in total. The third kappa shape index (κ3) is 3.90. The normalized spacial score (nSPS) is 11.8. The summed E-state index contributed by atoms with van der Waals surface area (Å²) in [5, 5.41) is 13.2. The molecule has 1 heterocycles. The number of aliphatic hydroxyl groups is 1. The second kappa shape index (κ2) is 6.38. The summed E-state index contributed by atoms with van der Waals surface area (Å²) in [7, 11) is -1.75. The lowest BCUT2D eigenvalue weighted by Crippen LogP contribution is -2.26. The molecule has 1 aromatic heterocycles. The molecular formula is C14H19N3O3S. The summed E-state index contributed by atoms with van der Waals surface area (Å²) in [5.41, 5.74) is 2.46. The minimum atomic E-state index is -3.56. The molecule has 0 radical (unpaired) electrons. The van der Waals surface area contributed by atoms with Crippen molar-refractivity contribution in [2.24, 2.45) is 7.05 Å². The van der Waals surface area contributed by atoms with Gasteiger partial charge in [0.25, 0.3) is 0 Å². The molecule has 21 heavy (non-hydrogen) atoms. The van der Waals surface area contributed by atoms with Crippen molar-refractivity contribution in [2.75, 3.05) is 6.54 Å². The lowest BCUT2D eigenvalue weighted by Gasteiger charge is -2.09. The maximum atomic E-state index is 12.2. The van der Waals surface area contributed by atoms with Gasteiger partial charge in [-0.3, -0.25) is 4.68 Å². The van der Waals surface area contributed by atoms with E-state index in [1.54, 1.807) is 23.0 Å². The number of nitrogens with one attached hydrogen (secondary N) is 1. The molecular weight excluding hydrogens is 290 g/mol. The van der Waals surface area contributed by atoms with Gasteiger partial charge < -0.3 is 5.11 Å². The lowest BCUT2D eigenvalue weighted by molar-refractivity contribution is 0.280. The van der Waals surface area contributed by atoms with Crippen LogP contribution in [0, 0.1) is 6.92 Å². The summed E-state index contributed by atoms with van der Waals surface area (Å²) in [4.78, 5) is 0.170. The Balaban J connectivity index is 2.04. The van der Waals surface area contributed by atoms with Crippen LogP contribution in [0.25, 0.3) is 0 Å². The van der Waals surface area contributed by atoms with Crippen LogP contribution in [0.2, 0.25) is 0 Å². The lowest BCUT2D eigenvalue weighted by atomic mass is 10.1. The van der Waals surface area contributed by atoms with E-state index in [1.807, 2.05) is 20.2 Å². The summed E-state index contributed by atoms with van der Waals surface area (Å²) in [5.74, 6) is 0. The molecule has 2 rings (SSSR count). The number of aliphatic hydroxyl groups excluding tert-OH is 1.